The number of nitrogens with zero attached hydrogens (tertiary/aromatic N) is 2. The van der Waals surface area contributed by atoms with Crippen molar-refractivity contribution in [3.05, 3.63) is 35.4 Å². The first-order valence-corrected chi connectivity index (χ1v) is 9.40. The molecule has 0 radical (unpaired) electrons. The van der Waals surface area contributed by atoms with E-state index in [2.05, 4.69) is 58.6 Å². The van der Waals surface area contributed by atoms with Crippen molar-refractivity contribution in [1.29, 1.82) is 0 Å². The number of hydrogen-bond acceptors (Lipinski definition) is 2. The van der Waals surface area contributed by atoms with Crippen LogP contribution < -0.4 is 10.6 Å². The number of hydrogen-bond donors (Lipinski definition) is 2. The number of nitrogens with one attached hydrogen (secondary N) is 2. The van der Waals surface area contributed by atoms with Crippen LogP contribution in [0.4, 0.5) is 0 Å². The number of guanidine groups is 1. The molecule has 1 aromatic rings. The molecular weight excluding hydrogens is 296 g/mol. The molecule has 0 aromatic heterocycles. The van der Waals surface area contributed by atoms with Gasteiger partial charge in [-0.25, -0.2) is 0 Å². The Morgan fingerprint density at radius 3 is 2.62 bits per heavy atom. The molecule has 1 heterocycles. The summed E-state index contributed by atoms with van der Waals surface area (Å²) in [6.07, 6.45) is 5.19. The Kier molecular flexibility index (Phi) is 8.10. The monoisotopic (exact) mass is 330 g/mol. The third-order valence-corrected chi connectivity index (χ3v) is 5.00. The summed E-state index contributed by atoms with van der Waals surface area (Å²) in [6, 6.07) is 8.47. The summed E-state index contributed by atoms with van der Waals surface area (Å²) in [5.74, 6) is 1.82. The number of unbranched alkanes of at least 4 members (excludes halogenated alkanes) is 1. The Morgan fingerprint density at radius 2 is 1.92 bits per heavy atom. The molecule has 1 aliphatic heterocycles. The van der Waals surface area contributed by atoms with Crippen molar-refractivity contribution >= 4 is 5.96 Å². The van der Waals surface area contributed by atoms with Crippen LogP contribution in [0.15, 0.2) is 29.3 Å². The van der Waals surface area contributed by atoms with Crippen molar-refractivity contribution in [2.45, 2.75) is 46.1 Å². The highest BCUT2D eigenvalue weighted by Gasteiger charge is 2.14. The number of benzene rings is 1. The maximum absolute atomic E-state index is 4.31. The van der Waals surface area contributed by atoms with Crippen LogP contribution in [0.1, 0.15) is 43.7 Å². The zero-order valence-electron chi connectivity index (χ0n) is 15.6. The zero-order chi connectivity index (χ0) is 17.2. The fourth-order valence-corrected chi connectivity index (χ4v) is 3.16. The van der Waals surface area contributed by atoms with Crippen molar-refractivity contribution in [3.8, 4) is 0 Å². The van der Waals surface area contributed by atoms with Crippen LogP contribution in [0.5, 0.6) is 0 Å². The van der Waals surface area contributed by atoms with E-state index in [0.29, 0.717) is 0 Å². The van der Waals surface area contributed by atoms with Crippen molar-refractivity contribution in [2.75, 3.05) is 33.2 Å². The summed E-state index contributed by atoms with van der Waals surface area (Å²) in [5.41, 5.74) is 2.64. The fourth-order valence-electron chi connectivity index (χ4n) is 3.16. The highest BCUT2D eigenvalue weighted by Crippen LogP contribution is 2.16. The van der Waals surface area contributed by atoms with E-state index in [1.54, 1.807) is 0 Å². The van der Waals surface area contributed by atoms with Gasteiger partial charge in [-0.1, -0.05) is 31.2 Å². The van der Waals surface area contributed by atoms with Crippen molar-refractivity contribution in [1.82, 2.24) is 15.5 Å². The first kappa shape index (κ1) is 18.8. The van der Waals surface area contributed by atoms with Gasteiger partial charge in [0.25, 0.3) is 0 Å². The lowest BCUT2D eigenvalue weighted by Crippen LogP contribution is -2.38. The van der Waals surface area contributed by atoms with Crippen LogP contribution in [0, 0.1) is 12.8 Å². The highest BCUT2D eigenvalue weighted by molar-refractivity contribution is 5.79. The largest absolute Gasteiger partial charge is 0.356 e. The maximum Gasteiger partial charge on any atom is 0.191 e. The van der Waals surface area contributed by atoms with Crippen LogP contribution in [-0.2, 0) is 6.54 Å². The zero-order valence-corrected chi connectivity index (χ0v) is 15.6. The summed E-state index contributed by atoms with van der Waals surface area (Å²) < 4.78 is 0. The Bertz CT molecular complexity index is 504. The van der Waals surface area contributed by atoms with Gasteiger partial charge in [0, 0.05) is 20.1 Å². The van der Waals surface area contributed by atoms with E-state index >= 15 is 0 Å². The number of aryl methyl sites for hydroxylation is 1. The smallest absolute Gasteiger partial charge is 0.191 e. The number of rotatable bonds is 7. The molecule has 1 fully saturated rings. The Morgan fingerprint density at radius 1 is 1.17 bits per heavy atom. The molecule has 1 aliphatic rings. The number of likely N-dealkylation sites (tertiary alicyclic amines) is 1. The van der Waals surface area contributed by atoms with Gasteiger partial charge in [-0.15, -0.1) is 0 Å². The van der Waals surface area contributed by atoms with E-state index < -0.39 is 0 Å². The van der Waals surface area contributed by atoms with Crippen LogP contribution >= 0.6 is 0 Å². The second-order valence-corrected chi connectivity index (χ2v) is 7.01. The van der Waals surface area contributed by atoms with Gasteiger partial charge < -0.3 is 15.5 Å². The fraction of sp³-hybridized carbons (Fsp3) is 0.650. The molecule has 0 spiro atoms. The molecule has 0 amide bonds. The molecule has 1 saturated heterocycles. The molecule has 0 unspecified atom stereocenters. The third-order valence-electron chi connectivity index (χ3n) is 5.00. The van der Waals surface area contributed by atoms with Gasteiger partial charge in [0.05, 0.1) is 0 Å². The van der Waals surface area contributed by atoms with Crippen molar-refractivity contribution < 1.29 is 0 Å². The van der Waals surface area contributed by atoms with E-state index in [1.165, 1.54) is 56.4 Å². The van der Waals surface area contributed by atoms with Crippen LogP contribution in [0.25, 0.3) is 0 Å². The van der Waals surface area contributed by atoms with E-state index in [1.807, 2.05) is 7.05 Å². The summed E-state index contributed by atoms with van der Waals surface area (Å²) in [6.45, 7) is 10.1. The Balaban J connectivity index is 1.57. The quantitative estimate of drug-likeness (QED) is 0.458. The molecule has 4 nitrogen and oxygen atoms in total. The van der Waals surface area contributed by atoms with Gasteiger partial charge in [-0.05, 0) is 69.3 Å². The first-order chi connectivity index (χ1) is 11.7. The Labute approximate surface area is 147 Å². The molecule has 0 atom stereocenters. The normalized spacial score (nSPS) is 17.0. The molecule has 0 bridgehead atoms. The van der Waals surface area contributed by atoms with Gasteiger partial charge in [0.2, 0.25) is 0 Å². The Hall–Kier alpha value is -1.55. The second-order valence-electron chi connectivity index (χ2n) is 7.01. The van der Waals surface area contributed by atoms with E-state index in [0.717, 1.165) is 25.0 Å². The molecule has 0 saturated carbocycles. The lowest BCUT2D eigenvalue weighted by molar-refractivity contribution is 0.189. The molecule has 24 heavy (non-hydrogen) atoms. The lowest BCUT2D eigenvalue weighted by atomic mass is 9.99. The lowest BCUT2D eigenvalue weighted by Gasteiger charge is -2.30. The summed E-state index contributed by atoms with van der Waals surface area (Å²) in [4.78, 5) is 6.93. The van der Waals surface area contributed by atoms with E-state index in [4.69, 9.17) is 0 Å². The van der Waals surface area contributed by atoms with E-state index in [-0.39, 0.29) is 0 Å². The van der Waals surface area contributed by atoms with Crippen LogP contribution in [-0.4, -0.2) is 44.1 Å². The average molecular weight is 331 g/mol. The third kappa shape index (κ3) is 6.52. The van der Waals surface area contributed by atoms with Gasteiger partial charge in [-0.2, -0.15) is 0 Å². The minimum Gasteiger partial charge on any atom is -0.356 e. The molecule has 2 N–H and O–H groups in total. The molecular formula is C20H34N4. The topological polar surface area (TPSA) is 39.7 Å². The molecule has 0 aliphatic carbocycles. The maximum atomic E-state index is 4.31. The van der Waals surface area contributed by atoms with Gasteiger partial charge in [0.1, 0.15) is 0 Å². The highest BCUT2D eigenvalue weighted by atomic mass is 15.2. The predicted octanol–water partition coefficient (Wildman–Crippen LogP) is 3.17. The molecule has 2 rings (SSSR count). The van der Waals surface area contributed by atoms with E-state index in [9.17, 15) is 0 Å². The second kappa shape index (κ2) is 10.3. The van der Waals surface area contributed by atoms with Gasteiger partial charge >= 0.3 is 0 Å². The number of piperidine rings is 1. The summed E-state index contributed by atoms with van der Waals surface area (Å²) >= 11 is 0. The van der Waals surface area contributed by atoms with Crippen molar-refractivity contribution in [2.24, 2.45) is 10.9 Å². The molecule has 4 heteroatoms. The minimum atomic E-state index is 0.818. The van der Waals surface area contributed by atoms with Crippen LogP contribution in [0.3, 0.4) is 0 Å². The first-order valence-electron chi connectivity index (χ1n) is 9.40. The van der Waals surface area contributed by atoms with Crippen LogP contribution in [0.2, 0.25) is 0 Å². The average Bonchev–Trinajstić information content (AvgIpc) is 2.60. The van der Waals surface area contributed by atoms with Crippen molar-refractivity contribution in [3.63, 3.8) is 0 Å². The van der Waals surface area contributed by atoms with Gasteiger partial charge in [-0.3, -0.25) is 4.99 Å². The van der Waals surface area contributed by atoms with Gasteiger partial charge in [0.15, 0.2) is 5.96 Å². The predicted molar refractivity (Wildman–Crippen MR) is 103 cm³/mol. The SMILES string of the molecule is CN=C(NCCCCN1CCC(C)CC1)NCc1ccccc1C. The number of aliphatic imine (C=N–C) groups is 1. The summed E-state index contributed by atoms with van der Waals surface area (Å²) in [7, 11) is 1.84. The standard InChI is InChI=1S/C20H34N4/c1-17-10-14-24(15-11-17)13-7-6-12-22-20(21-3)23-16-19-9-5-4-8-18(19)2/h4-5,8-9,17H,6-7,10-16H2,1-3H3,(H2,21,22,23). The summed E-state index contributed by atoms with van der Waals surface area (Å²) in [5, 5.41) is 6.82. The molecule has 1 aromatic carbocycles. The minimum absolute atomic E-state index is 0.818. The molecule has 134 valence electrons.